The summed E-state index contributed by atoms with van der Waals surface area (Å²) >= 11 is 0. The Hall–Kier alpha value is -1.54. The molecule has 1 aromatic carbocycles. The molecule has 0 saturated carbocycles. The quantitative estimate of drug-likeness (QED) is 0.296. The van der Waals surface area contributed by atoms with Gasteiger partial charge in [0.1, 0.15) is 6.23 Å². The molecule has 0 aliphatic carbocycles. The fourth-order valence-electron chi connectivity index (χ4n) is 1.55. The third-order valence-corrected chi connectivity index (χ3v) is 2.51. The monoisotopic (exact) mass is 286 g/mol. The maximum atomic E-state index is 11.8. The molecule has 0 spiro atoms. The fourth-order valence-corrected chi connectivity index (χ4v) is 1.55. The van der Waals surface area contributed by atoms with Crippen LogP contribution in [0.4, 0.5) is 0 Å². The molecule has 100 valence electrons. The van der Waals surface area contributed by atoms with Crippen LogP contribution in [0.3, 0.4) is 0 Å². The minimum absolute atomic E-state index is 0. The smallest absolute Gasteiger partial charge is 0.503 e. The molecule has 1 aromatic rings. The number of carbonyl (C=O) groups excluding carboxylic acids is 2. The van der Waals surface area contributed by atoms with Crippen molar-refractivity contribution >= 4 is 17.8 Å². The van der Waals surface area contributed by atoms with Crippen molar-refractivity contribution in [1.82, 2.24) is 10.6 Å². The molecule has 2 atom stereocenters. The van der Waals surface area contributed by atoms with Gasteiger partial charge in [0.15, 0.2) is 12.0 Å². The normalized spacial score (nSPS) is 19.9. The van der Waals surface area contributed by atoms with Gasteiger partial charge in [0.05, 0.1) is 0 Å². The fraction of sp³-hybridized carbons (Fsp3) is 0.167. The molecule has 7 nitrogen and oxygen atoms in total. The van der Waals surface area contributed by atoms with Gasteiger partial charge < -0.3 is 20.5 Å². The van der Waals surface area contributed by atoms with E-state index in [0.29, 0.717) is 12.2 Å². The van der Waals surface area contributed by atoms with E-state index in [1.807, 2.05) is 0 Å². The second kappa shape index (κ2) is 7.30. The second-order valence-electron chi connectivity index (χ2n) is 3.84. The number of carbonyl (C=O) groups is 3. The van der Waals surface area contributed by atoms with Crippen LogP contribution in [0.25, 0.3) is 0 Å². The molecule has 1 aliphatic heterocycles. The van der Waals surface area contributed by atoms with Gasteiger partial charge in [-0.2, -0.15) is 6.61 Å². The number of nitrogens with one attached hydrogen (secondary N) is 2. The largest absolute Gasteiger partial charge is 1.00 e. The average Bonchev–Trinajstić information content (AvgIpc) is 2.41. The van der Waals surface area contributed by atoms with Crippen LogP contribution in [-0.2, 0) is 14.3 Å². The first-order chi connectivity index (χ1) is 9.08. The summed E-state index contributed by atoms with van der Waals surface area (Å²) in [4.78, 5) is 33.4. The van der Waals surface area contributed by atoms with Gasteiger partial charge in [-0.05, 0) is 12.1 Å². The summed E-state index contributed by atoms with van der Waals surface area (Å²) in [6, 6.07) is 7.46. The van der Waals surface area contributed by atoms with E-state index in [1.165, 1.54) is 0 Å². The molecule has 20 heavy (non-hydrogen) atoms. The second-order valence-corrected chi connectivity index (χ2v) is 3.84. The Bertz CT molecular complexity index is 508. The van der Waals surface area contributed by atoms with E-state index in [1.54, 1.807) is 30.3 Å². The molecule has 0 aromatic heterocycles. The Kier molecular flexibility index (Phi) is 6.03. The molecule has 2 amide bonds. The van der Waals surface area contributed by atoms with Crippen LogP contribution in [-0.4, -0.2) is 35.2 Å². The van der Waals surface area contributed by atoms with Crippen LogP contribution < -0.4 is 40.2 Å². The first kappa shape index (κ1) is 16.5. The van der Waals surface area contributed by atoms with Crippen LogP contribution in [0.2, 0.25) is 0 Å². The van der Waals surface area contributed by atoms with Crippen molar-refractivity contribution in [1.29, 1.82) is 0 Å². The number of carboxylic acids is 1. The van der Waals surface area contributed by atoms with Gasteiger partial charge in [-0.1, -0.05) is 18.2 Å². The van der Waals surface area contributed by atoms with Gasteiger partial charge in [-0.15, -0.1) is 0 Å². The van der Waals surface area contributed by atoms with Gasteiger partial charge in [0.25, 0.3) is 5.91 Å². The summed E-state index contributed by atoms with van der Waals surface area (Å²) in [5.74, 6) is -2.12. The van der Waals surface area contributed by atoms with Gasteiger partial charge in [-0.25, -0.2) is 0 Å². The van der Waals surface area contributed by atoms with E-state index in [0.717, 1.165) is 0 Å². The summed E-state index contributed by atoms with van der Waals surface area (Å²) in [5.41, 5.74) is 0.406. The molecule has 1 fully saturated rings. The van der Waals surface area contributed by atoms with Gasteiger partial charge in [0, 0.05) is 5.56 Å². The van der Waals surface area contributed by atoms with E-state index >= 15 is 0 Å². The molecular formula is C12H11N2NaO5. The van der Waals surface area contributed by atoms with Crippen LogP contribution >= 0.6 is 0 Å². The van der Waals surface area contributed by atoms with Crippen LogP contribution in [0, 0.1) is 6.61 Å². The van der Waals surface area contributed by atoms with Gasteiger partial charge in [-0.3, -0.25) is 14.4 Å². The standard InChI is InChI=1S/C12H11N2O5.Na/c15-8(16)6-19-12-9(11(18)14-12)13-10(17)7-4-2-1-3-5-7;/h1-6,9,12H,(H,13,17)(H,14,18)(H,15,16);/q-1;+1/t9-,12+;/m0./s1. The number of β-lactam (4-membered cyclic amide) rings is 1. The molecule has 0 unspecified atom stereocenters. The maximum Gasteiger partial charge on any atom is 1.00 e. The van der Waals surface area contributed by atoms with Crippen molar-refractivity contribution in [3.8, 4) is 0 Å². The summed E-state index contributed by atoms with van der Waals surface area (Å²) in [6.45, 7) is 0.561. The van der Waals surface area contributed by atoms with Gasteiger partial charge >= 0.3 is 29.6 Å². The molecule has 2 rings (SSSR count). The molecular weight excluding hydrogens is 275 g/mol. The number of carboxylic acid groups (broad SMARTS) is 1. The number of aliphatic carboxylic acids is 1. The zero-order chi connectivity index (χ0) is 13.8. The van der Waals surface area contributed by atoms with Crippen LogP contribution in [0.5, 0.6) is 0 Å². The SMILES string of the molecule is O=C(O)[CH-]O[C@H]1NC(=O)[C@@H]1NC(=O)c1ccccc1.[Na+]. The van der Waals surface area contributed by atoms with Crippen molar-refractivity contribution in [3.05, 3.63) is 42.5 Å². The molecule has 0 bridgehead atoms. The predicted octanol–water partition coefficient (Wildman–Crippen LogP) is -3.49. The third kappa shape index (κ3) is 3.97. The van der Waals surface area contributed by atoms with Crippen molar-refractivity contribution in [2.45, 2.75) is 12.3 Å². The Balaban J connectivity index is 0.00000200. The third-order valence-electron chi connectivity index (χ3n) is 2.51. The molecule has 1 heterocycles. The zero-order valence-corrected chi connectivity index (χ0v) is 12.7. The van der Waals surface area contributed by atoms with E-state index in [-0.39, 0.29) is 29.6 Å². The topological polar surface area (TPSA) is 105 Å². The van der Waals surface area contributed by atoms with Crippen molar-refractivity contribution in [3.63, 3.8) is 0 Å². The number of ether oxygens (including phenoxy) is 1. The number of hydrogen-bond acceptors (Lipinski definition) is 4. The first-order valence-electron chi connectivity index (χ1n) is 5.46. The van der Waals surface area contributed by atoms with Crippen molar-refractivity contribution < 1.29 is 53.8 Å². The zero-order valence-electron chi connectivity index (χ0n) is 10.7. The maximum absolute atomic E-state index is 11.8. The van der Waals surface area contributed by atoms with Crippen molar-refractivity contribution in [2.24, 2.45) is 0 Å². The van der Waals surface area contributed by atoms with Crippen molar-refractivity contribution in [2.75, 3.05) is 0 Å². The molecule has 8 heteroatoms. The van der Waals surface area contributed by atoms with Crippen LogP contribution in [0.1, 0.15) is 10.4 Å². The van der Waals surface area contributed by atoms with E-state index in [4.69, 9.17) is 9.84 Å². The minimum Gasteiger partial charge on any atom is -0.503 e. The number of rotatable bonds is 5. The summed E-state index contributed by atoms with van der Waals surface area (Å²) < 4.78 is 4.79. The Morgan fingerprint density at radius 1 is 1.30 bits per heavy atom. The van der Waals surface area contributed by atoms with E-state index in [9.17, 15) is 14.4 Å². The molecule has 3 N–H and O–H groups in total. The number of amides is 2. The summed E-state index contributed by atoms with van der Waals surface area (Å²) in [7, 11) is 0. The van der Waals surface area contributed by atoms with Gasteiger partial charge in [0.2, 0.25) is 5.91 Å². The minimum atomic E-state index is -1.27. The van der Waals surface area contributed by atoms with Crippen LogP contribution in [0.15, 0.2) is 30.3 Å². The molecule has 0 radical (unpaired) electrons. The first-order valence-corrected chi connectivity index (χ1v) is 5.46. The molecule has 1 aliphatic rings. The predicted molar refractivity (Wildman–Crippen MR) is 62.6 cm³/mol. The summed E-state index contributed by atoms with van der Waals surface area (Å²) in [6.07, 6.45) is -0.865. The Morgan fingerprint density at radius 3 is 2.50 bits per heavy atom. The summed E-state index contributed by atoms with van der Waals surface area (Å²) in [5, 5.41) is 13.2. The number of hydrogen-bond donors (Lipinski definition) is 3. The van der Waals surface area contributed by atoms with E-state index in [2.05, 4.69) is 10.6 Å². The Labute approximate surface area is 137 Å². The average molecular weight is 286 g/mol. The van der Waals surface area contributed by atoms with E-state index < -0.39 is 30.1 Å². The number of benzene rings is 1. The molecule has 1 saturated heterocycles. The Morgan fingerprint density at radius 2 is 1.95 bits per heavy atom.